The van der Waals surface area contributed by atoms with Crippen LogP contribution in [0, 0.1) is 18.3 Å². The van der Waals surface area contributed by atoms with E-state index < -0.39 is 17.7 Å². The minimum atomic E-state index is -0.537. The van der Waals surface area contributed by atoms with Gasteiger partial charge in [0.05, 0.1) is 13.2 Å². The van der Waals surface area contributed by atoms with E-state index in [0.29, 0.717) is 38.0 Å². The van der Waals surface area contributed by atoms with E-state index in [-0.39, 0.29) is 17.7 Å². The smallest absolute Gasteiger partial charge is 0.407 e. The highest BCUT2D eigenvalue weighted by Crippen LogP contribution is 2.27. The number of ether oxygens (including phenoxy) is 2. The molecule has 30 heavy (non-hydrogen) atoms. The zero-order valence-corrected chi connectivity index (χ0v) is 19.0. The van der Waals surface area contributed by atoms with Crippen molar-refractivity contribution in [3.8, 4) is 12.3 Å². The zero-order valence-electron chi connectivity index (χ0n) is 19.0. The highest BCUT2D eigenvalue weighted by Gasteiger charge is 2.39. The Hall–Kier alpha value is -2.49. The van der Waals surface area contributed by atoms with Crippen LogP contribution >= 0.6 is 0 Å². The summed E-state index contributed by atoms with van der Waals surface area (Å²) in [5.74, 6) is 2.34. The lowest BCUT2D eigenvalue weighted by Gasteiger charge is -2.27. The summed E-state index contributed by atoms with van der Waals surface area (Å²) in [4.78, 5) is 38.4. The van der Waals surface area contributed by atoms with E-state index in [1.54, 1.807) is 0 Å². The molecule has 1 rings (SSSR count). The van der Waals surface area contributed by atoms with Gasteiger partial charge >= 0.3 is 6.09 Å². The van der Waals surface area contributed by atoms with Crippen LogP contribution in [0.1, 0.15) is 72.6 Å². The van der Waals surface area contributed by atoms with E-state index in [4.69, 9.17) is 15.9 Å². The number of hydrogen-bond acceptors (Lipinski definition) is 5. The summed E-state index contributed by atoms with van der Waals surface area (Å²) in [7, 11) is 1.51. The second-order valence-electron chi connectivity index (χ2n) is 8.59. The van der Waals surface area contributed by atoms with Gasteiger partial charge in [0, 0.05) is 25.0 Å². The highest BCUT2D eigenvalue weighted by atomic mass is 16.6. The van der Waals surface area contributed by atoms with Gasteiger partial charge in [-0.05, 0) is 52.9 Å². The van der Waals surface area contributed by atoms with E-state index in [9.17, 15) is 14.4 Å². The predicted octanol–water partition coefficient (Wildman–Crippen LogP) is 3.78. The van der Waals surface area contributed by atoms with Gasteiger partial charge in [-0.15, -0.1) is 12.3 Å². The number of amides is 3. The third-order valence-corrected chi connectivity index (χ3v) is 4.82. The van der Waals surface area contributed by atoms with Crippen LogP contribution in [-0.2, 0) is 19.1 Å². The molecule has 7 nitrogen and oxygen atoms in total. The maximum atomic E-state index is 12.9. The van der Waals surface area contributed by atoms with Crippen molar-refractivity contribution in [3.05, 3.63) is 11.8 Å². The van der Waals surface area contributed by atoms with Crippen LogP contribution in [0.5, 0.6) is 0 Å². The van der Waals surface area contributed by atoms with E-state index >= 15 is 0 Å². The number of rotatable bonds is 11. The molecule has 168 valence electrons. The Labute approximate surface area is 180 Å². The maximum Gasteiger partial charge on any atom is 0.407 e. The Kier molecular flexibility index (Phi) is 10.4. The number of unbranched alkanes of at least 4 members (excludes halogenated alkanes) is 3. The summed E-state index contributed by atoms with van der Waals surface area (Å²) in [6.45, 7) is 7.73. The van der Waals surface area contributed by atoms with E-state index in [1.165, 1.54) is 18.1 Å². The number of imide groups is 1. The summed E-state index contributed by atoms with van der Waals surface area (Å²) < 4.78 is 10.6. The van der Waals surface area contributed by atoms with Gasteiger partial charge in [0.2, 0.25) is 5.91 Å². The number of carbonyl (C=O) groups is 3. The van der Waals surface area contributed by atoms with Gasteiger partial charge in [-0.2, -0.15) is 0 Å². The van der Waals surface area contributed by atoms with Gasteiger partial charge < -0.3 is 14.8 Å². The minimum Gasteiger partial charge on any atom is -0.499 e. The number of nitrogens with one attached hydrogen (secondary N) is 1. The Morgan fingerprint density at radius 3 is 2.57 bits per heavy atom. The van der Waals surface area contributed by atoms with Crippen LogP contribution in [0.4, 0.5) is 4.79 Å². The monoisotopic (exact) mass is 420 g/mol. The van der Waals surface area contributed by atoms with Crippen molar-refractivity contribution in [2.24, 2.45) is 5.92 Å². The molecule has 0 unspecified atom stereocenters. The van der Waals surface area contributed by atoms with Gasteiger partial charge in [0.1, 0.15) is 11.4 Å². The van der Waals surface area contributed by atoms with Gasteiger partial charge in [0.15, 0.2) is 0 Å². The lowest BCUT2D eigenvalue weighted by Crippen LogP contribution is -2.43. The maximum absolute atomic E-state index is 12.9. The third kappa shape index (κ3) is 8.48. The Balaban J connectivity index is 2.55. The van der Waals surface area contributed by atoms with Gasteiger partial charge in [-0.25, -0.2) is 4.79 Å². The molecule has 0 bridgehead atoms. The first-order valence-electron chi connectivity index (χ1n) is 10.6. The zero-order chi connectivity index (χ0) is 22.7. The van der Waals surface area contributed by atoms with Gasteiger partial charge in [0.25, 0.3) is 5.91 Å². The molecule has 1 N–H and O–H groups in total. The third-order valence-electron chi connectivity index (χ3n) is 4.82. The molecule has 0 aromatic rings. The number of methoxy groups -OCH3 is 1. The molecule has 0 aromatic carbocycles. The number of alkyl carbamates (subject to hydrolysis) is 1. The molecule has 0 spiro atoms. The summed E-state index contributed by atoms with van der Waals surface area (Å²) in [5.41, 5.74) is -0.537. The molecule has 1 aliphatic heterocycles. The SMILES string of the molecule is C#CCCCC[C@H](C)C(=O)N1C(=O)C=C(OC)[C@@H]1CCCCNC(=O)OC(C)(C)C. The first-order chi connectivity index (χ1) is 14.1. The molecule has 1 aliphatic rings. The molecule has 0 aliphatic carbocycles. The van der Waals surface area contributed by atoms with Crippen LogP contribution < -0.4 is 5.32 Å². The van der Waals surface area contributed by atoms with E-state index in [2.05, 4.69) is 11.2 Å². The number of nitrogens with zero attached hydrogens (tertiary/aromatic N) is 1. The predicted molar refractivity (Wildman–Crippen MR) is 115 cm³/mol. The molecule has 0 fully saturated rings. The molecule has 0 saturated heterocycles. The van der Waals surface area contributed by atoms with Crippen molar-refractivity contribution in [1.82, 2.24) is 10.2 Å². The largest absolute Gasteiger partial charge is 0.499 e. The number of terminal acetylenes is 1. The molecular weight excluding hydrogens is 384 g/mol. The van der Waals surface area contributed by atoms with Crippen molar-refractivity contribution < 1.29 is 23.9 Å². The van der Waals surface area contributed by atoms with Crippen LogP contribution in [0.15, 0.2) is 11.8 Å². The molecule has 1 heterocycles. The first-order valence-corrected chi connectivity index (χ1v) is 10.6. The lowest BCUT2D eigenvalue weighted by atomic mass is 10.00. The topological polar surface area (TPSA) is 84.9 Å². The fourth-order valence-electron chi connectivity index (χ4n) is 3.30. The second kappa shape index (κ2) is 12.3. The van der Waals surface area contributed by atoms with Gasteiger partial charge in [-0.3, -0.25) is 14.5 Å². The summed E-state index contributed by atoms with van der Waals surface area (Å²) in [6, 6.07) is -0.398. The molecule has 0 saturated carbocycles. The summed E-state index contributed by atoms with van der Waals surface area (Å²) in [5, 5.41) is 2.72. The molecule has 2 atom stereocenters. The average Bonchev–Trinajstić information content (AvgIpc) is 2.98. The van der Waals surface area contributed by atoms with Crippen LogP contribution in [0.3, 0.4) is 0 Å². The summed E-state index contributed by atoms with van der Waals surface area (Å²) >= 11 is 0. The average molecular weight is 421 g/mol. The normalized spacial score (nSPS) is 17.2. The second-order valence-corrected chi connectivity index (χ2v) is 8.59. The van der Waals surface area contributed by atoms with E-state index in [1.807, 2.05) is 27.7 Å². The molecule has 3 amide bonds. The number of carbonyl (C=O) groups excluding carboxylic acids is 3. The fraction of sp³-hybridized carbons (Fsp3) is 0.696. The Bertz CT molecular complexity index is 672. The van der Waals surface area contributed by atoms with Crippen molar-refractivity contribution in [2.45, 2.75) is 84.3 Å². The van der Waals surface area contributed by atoms with Crippen molar-refractivity contribution in [3.63, 3.8) is 0 Å². The van der Waals surface area contributed by atoms with Crippen molar-refractivity contribution in [2.75, 3.05) is 13.7 Å². The number of hydrogen-bond donors (Lipinski definition) is 1. The first kappa shape index (κ1) is 25.5. The quantitative estimate of drug-likeness (QED) is 0.406. The summed E-state index contributed by atoms with van der Waals surface area (Å²) in [6.07, 6.45) is 11.3. The van der Waals surface area contributed by atoms with Crippen molar-refractivity contribution >= 4 is 17.9 Å². The Morgan fingerprint density at radius 2 is 1.97 bits per heavy atom. The standard InChI is InChI=1S/C23H36N2O5/c1-7-8-9-10-13-17(2)21(27)25-18(19(29-6)16-20(25)26)14-11-12-15-24-22(28)30-23(3,4)5/h1,16-18H,8-15H2,2-6H3,(H,24,28)/t17-,18-/m0/s1. The van der Waals surface area contributed by atoms with Crippen molar-refractivity contribution in [1.29, 1.82) is 0 Å². The molecule has 0 aromatic heterocycles. The van der Waals surface area contributed by atoms with Crippen LogP contribution in [0.25, 0.3) is 0 Å². The van der Waals surface area contributed by atoms with E-state index in [0.717, 1.165) is 19.3 Å². The molecular formula is C23H36N2O5. The van der Waals surface area contributed by atoms with Crippen LogP contribution in [0.2, 0.25) is 0 Å². The Morgan fingerprint density at radius 1 is 1.27 bits per heavy atom. The van der Waals surface area contributed by atoms with Gasteiger partial charge in [-0.1, -0.05) is 13.3 Å². The minimum absolute atomic E-state index is 0.180. The fourth-order valence-corrected chi connectivity index (χ4v) is 3.30. The lowest BCUT2D eigenvalue weighted by molar-refractivity contribution is -0.146. The van der Waals surface area contributed by atoms with Crippen LogP contribution in [-0.4, -0.2) is 48.1 Å². The molecule has 7 heteroatoms. The molecule has 0 radical (unpaired) electrons. The highest BCUT2D eigenvalue weighted by molar-refractivity contribution is 6.04.